The minimum absolute atomic E-state index is 0.0904. The van der Waals surface area contributed by atoms with Crippen molar-refractivity contribution >= 4 is 17.2 Å². The lowest BCUT2D eigenvalue weighted by Crippen LogP contribution is -2.36. The maximum Gasteiger partial charge on any atom is 0.459 e. The first-order chi connectivity index (χ1) is 19.2. The van der Waals surface area contributed by atoms with Crippen LogP contribution in [0.1, 0.15) is 38.7 Å². The number of carbonyl (C=O) groups excluding carboxylic acids is 1. The molecule has 5 aromatic rings. The van der Waals surface area contributed by atoms with Gasteiger partial charge >= 0.3 is 12.1 Å². The number of aryl methyl sites for hydroxylation is 2. The van der Waals surface area contributed by atoms with Gasteiger partial charge < -0.3 is 5.32 Å². The lowest BCUT2D eigenvalue weighted by Gasteiger charge is -2.21. The van der Waals surface area contributed by atoms with Gasteiger partial charge in [0.2, 0.25) is 0 Å². The Labute approximate surface area is 229 Å². The topological polar surface area (TPSA) is 77.1 Å². The maximum atomic E-state index is 14.6. The summed E-state index contributed by atoms with van der Waals surface area (Å²) in [4.78, 5) is 17.3. The minimum Gasteiger partial charge on any atom is -0.317 e. The van der Waals surface area contributed by atoms with Crippen LogP contribution in [0.4, 0.5) is 32.0 Å². The number of nitrogens with one attached hydrogen (secondary N) is 1. The summed E-state index contributed by atoms with van der Waals surface area (Å²) in [7, 11) is 0. The number of carbonyl (C=O) groups is 1. The van der Waals surface area contributed by atoms with E-state index in [-0.39, 0.29) is 15.8 Å². The fraction of sp³-hybridized carbons (Fsp3) is 0.214. The predicted molar refractivity (Wildman–Crippen MR) is 138 cm³/mol. The SMILES string of the molecule is Cc1cccc(Cn2nc(C)c(NC(=O)c3cc4nc(-c5ccc(F)cc5)cc(C(F)(F)C(F)(F)F)n4n3)c2C)c1. The number of nitrogens with zero attached hydrogens (tertiary/aromatic N) is 5. The predicted octanol–water partition coefficient (Wildman–Crippen LogP) is 6.61. The standard InChI is InChI=1S/C28H22F6N6O/c1-15-5-4-6-18(11-15)14-39-17(3)25(16(2)37-39)36-26(41)22-13-24-35-21(19-7-9-20(29)10-8-19)12-23(40(24)38-22)27(30,31)28(32,33)34/h4-13H,14H2,1-3H3,(H,36,41). The highest BCUT2D eigenvalue weighted by atomic mass is 19.4. The summed E-state index contributed by atoms with van der Waals surface area (Å²) >= 11 is 0. The molecule has 0 aliphatic heterocycles. The number of benzene rings is 2. The van der Waals surface area contributed by atoms with Crippen molar-refractivity contribution in [2.45, 2.75) is 39.4 Å². The molecule has 3 heterocycles. The average molecular weight is 573 g/mol. The molecular weight excluding hydrogens is 550 g/mol. The Morgan fingerprint density at radius 1 is 0.927 bits per heavy atom. The van der Waals surface area contributed by atoms with Gasteiger partial charge in [0.05, 0.1) is 29.3 Å². The number of fused-ring (bicyclic) bond motifs is 1. The van der Waals surface area contributed by atoms with Gasteiger partial charge in [-0.05, 0) is 56.7 Å². The van der Waals surface area contributed by atoms with Crippen LogP contribution in [0.2, 0.25) is 0 Å². The summed E-state index contributed by atoms with van der Waals surface area (Å²) in [6, 6.07) is 13.7. The molecule has 212 valence electrons. The quantitative estimate of drug-likeness (QED) is 0.232. The number of halogens is 6. The van der Waals surface area contributed by atoms with Gasteiger partial charge in [-0.25, -0.2) is 13.9 Å². The van der Waals surface area contributed by atoms with Crippen LogP contribution < -0.4 is 5.32 Å². The Bertz CT molecular complexity index is 1770. The number of alkyl halides is 5. The smallest absolute Gasteiger partial charge is 0.317 e. The van der Waals surface area contributed by atoms with Gasteiger partial charge in [0.1, 0.15) is 11.5 Å². The Hall–Kier alpha value is -4.68. The molecule has 3 aromatic heterocycles. The van der Waals surface area contributed by atoms with Gasteiger partial charge in [-0.15, -0.1) is 0 Å². The minimum atomic E-state index is -5.96. The molecule has 41 heavy (non-hydrogen) atoms. The van der Waals surface area contributed by atoms with E-state index >= 15 is 0 Å². The second-order valence-corrected chi connectivity index (χ2v) is 9.55. The Balaban J connectivity index is 1.53. The third-order valence-corrected chi connectivity index (χ3v) is 6.51. The molecule has 0 radical (unpaired) electrons. The molecule has 5 rings (SSSR count). The van der Waals surface area contributed by atoms with Crippen LogP contribution in [0, 0.1) is 26.6 Å². The normalized spacial score (nSPS) is 12.2. The fourth-order valence-electron chi connectivity index (χ4n) is 4.42. The third kappa shape index (κ3) is 5.26. The zero-order valence-electron chi connectivity index (χ0n) is 21.9. The molecular formula is C28H22F6N6O. The molecule has 13 heteroatoms. The zero-order valence-corrected chi connectivity index (χ0v) is 21.9. The Morgan fingerprint density at radius 3 is 2.29 bits per heavy atom. The third-order valence-electron chi connectivity index (χ3n) is 6.51. The van der Waals surface area contributed by atoms with E-state index in [1.807, 2.05) is 31.2 Å². The summed E-state index contributed by atoms with van der Waals surface area (Å²) < 4.78 is 84.8. The molecule has 2 aromatic carbocycles. The zero-order chi connectivity index (χ0) is 29.7. The van der Waals surface area contributed by atoms with Crippen molar-refractivity contribution in [2.24, 2.45) is 0 Å². The van der Waals surface area contributed by atoms with Crippen molar-refractivity contribution in [3.8, 4) is 11.3 Å². The summed E-state index contributed by atoms with van der Waals surface area (Å²) in [6.07, 6.45) is -5.96. The second-order valence-electron chi connectivity index (χ2n) is 9.55. The van der Waals surface area contributed by atoms with E-state index in [2.05, 4.69) is 20.5 Å². The van der Waals surface area contributed by atoms with Gasteiger partial charge in [0.25, 0.3) is 5.91 Å². The van der Waals surface area contributed by atoms with E-state index < -0.39 is 40.9 Å². The van der Waals surface area contributed by atoms with Crippen LogP contribution in [-0.2, 0) is 12.5 Å². The number of hydrogen-bond acceptors (Lipinski definition) is 4. The molecule has 0 bridgehead atoms. The van der Waals surface area contributed by atoms with Crippen LogP contribution in [0.3, 0.4) is 0 Å². The summed E-state index contributed by atoms with van der Waals surface area (Å²) in [6.45, 7) is 5.77. The van der Waals surface area contributed by atoms with E-state index in [1.54, 1.807) is 18.5 Å². The highest BCUT2D eigenvalue weighted by molar-refractivity contribution is 6.04. The van der Waals surface area contributed by atoms with E-state index in [0.29, 0.717) is 29.7 Å². The van der Waals surface area contributed by atoms with Crippen molar-refractivity contribution in [1.29, 1.82) is 0 Å². The van der Waals surface area contributed by atoms with Crippen LogP contribution >= 0.6 is 0 Å². The van der Waals surface area contributed by atoms with Crippen molar-refractivity contribution in [2.75, 3.05) is 5.32 Å². The largest absolute Gasteiger partial charge is 0.459 e. The maximum absolute atomic E-state index is 14.6. The Morgan fingerprint density at radius 2 is 1.63 bits per heavy atom. The van der Waals surface area contributed by atoms with E-state index in [1.165, 1.54) is 12.1 Å². The van der Waals surface area contributed by atoms with Gasteiger partial charge in [-0.2, -0.15) is 32.1 Å². The first-order valence-electron chi connectivity index (χ1n) is 12.3. The number of aromatic nitrogens is 5. The number of amides is 1. The van der Waals surface area contributed by atoms with Gasteiger partial charge in [0, 0.05) is 11.6 Å². The van der Waals surface area contributed by atoms with Crippen LogP contribution in [0.15, 0.2) is 60.7 Å². The molecule has 0 aliphatic carbocycles. The summed E-state index contributed by atoms with van der Waals surface area (Å²) in [5, 5.41) is 10.9. The molecule has 0 saturated carbocycles. The molecule has 0 unspecified atom stereocenters. The first-order valence-corrected chi connectivity index (χ1v) is 12.3. The average Bonchev–Trinajstić information content (AvgIpc) is 3.44. The lowest BCUT2D eigenvalue weighted by molar-refractivity contribution is -0.291. The molecule has 0 saturated heterocycles. The molecule has 1 N–H and O–H groups in total. The highest BCUT2D eigenvalue weighted by Gasteiger charge is 2.60. The van der Waals surface area contributed by atoms with Crippen LogP contribution in [-0.4, -0.2) is 36.5 Å². The number of anilines is 1. The van der Waals surface area contributed by atoms with Crippen molar-refractivity contribution in [3.63, 3.8) is 0 Å². The molecule has 0 aliphatic rings. The van der Waals surface area contributed by atoms with E-state index in [9.17, 15) is 31.1 Å². The van der Waals surface area contributed by atoms with E-state index in [0.717, 1.165) is 29.3 Å². The van der Waals surface area contributed by atoms with Crippen molar-refractivity contribution in [3.05, 3.63) is 100 Å². The monoisotopic (exact) mass is 572 g/mol. The molecule has 1 amide bonds. The first kappa shape index (κ1) is 27.9. The molecule has 0 spiro atoms. The van der Waals surface area contributed by atoms with Gasteiger partial charge in [-0.1, -0.05) is 29.8 Å². The number of hydrogen-bond donors (Lipinski definition) is 1. The van der Waals surface area contributed by atoms with Crippen LogP contribution in [0.5, 0.6) is 0 Å². The lowest BCUT2D eigenvalue weighted by atomic mass is 10.1. The summed E-state index contributed by atoms with van der Waals surface area (Å²) in [5.41, 5.74) is 0.839. The molecule has 0 fully saturated rings. The van der Waals surface area contributed by atoms with Crippen molar-refractivity contribution in [1.82, 2.24) is 24.4 Å². The van der Waals surface area contributed by atoms with Gasteiger partial charge in [-0.3, -0.25) is 9.48 Å². The van der Waals surface area contributed by atoms with Crippen molar-refractivity contribution < 1.29 is 31.1 Å². The fourth-order valence-corrected chi connectivity index (χ4v) is 4.42. The molecule has 7 nitrogen and oxygen atoms in total. The second kappa shape index (κ2) is 10.1. The summed E-state index contributed by atoms with van der Waals surface area (Å²) in [5.74, 6) is -6.83. The molecule has 0 atom stereocenters. The highest BCUT2D eigenvalue weighted by Crippen LogP contribution is 2.44. The Kier molecular flexibility index (Phi) is 6.84. The van der Waals surface area contributed by atoms with E-state index in [4.69, 9.17) is 0 Å². The van der Waals surface area contributed by atoms with Crippen LogP contribution in [0.25, 0.3) is 16.9 Å². The van der Waals surface area contributed by atoms with Gasteiger partial charge in [0.15, 0.2) is 11.3 Å². The number of rotatable bonds is 6.